The molecule has 0 saturated heterocycles. The van der Waals surface area contributed by atoms with E-state index in [1.165, 1.54) is 0 Å². The zero-order chi connectivity index (χ0) is 12.7. The minimum absolute atomic E-state index is 0.287. The Balaban J connectivity index is 2.19. The molecule has 3 heteroatoms. The zero-order valence-electron chi connectivity index (χ0n) is 10.1. The molecule has 2 radical (unpaired) electrons. The Labute approximate surface area is 107 Å². The molecular formula is C15H12BNO. The van der Waals surface area contributed by atoms with Gasteiger partial charge in [0, 0.05) is 11.1 Å². The van der Waals surface area contributed by atoms with Crippen LogP contribution in [0.5, 0.6) is 5.75 Å². The summed E-state index contributed by atoms with van der Waals surface area (Å²) < 4.78 is 0. The van der Waals surface area contributed by atoms with Gasteiger partial charge in [-0.25, -0.2) is 0 Å². The van der Waals surface area contributed by atoms with Crippen molar-refractivity contribution in [3.8, 4) is 17.0 Å². The molecule has 0 fully saturated rings. The van der Waals surface area contributed by atoms with Crippen LogP contribution in [0.25, 0.3) is 22.2 Å². The van der Waals surface area contributed by atoms with Crippen LogP contribution in [0, 0.1) is 6.92 Å². The number of aromatic amines is 1. The van der Waals surface area contributed by atoms with Gasteiger partial charge in [-0.05, 0) is 42.1 Å². The van der Waals surface area contributed by atoms with Gasteiger partial charge in [-0.15, -0.1) is 0 Å². The third kappa shape index (κ3) is 1.78. The minimum atomic E-state index is 0.287. The molecule has 0 spiro atoms. The Morgan fingerprint density at radius 3 is 2.67 bits per heavy atom. The summed E-state index contributed by atoms with van der Waals surface area (Å²) in [4.78, 5) is 3.28. The number of aryl methyl sites for hydroxylation is 1. The lowest BCUT2D eigenvalue weighted by Crippen LogP contribution is -1.98. The third-order valence-electron chi connectivity index (χ3n) is 3.09. The van der Waals surface area contributed by atoms with E-state index < -0.39 is 0 Å². The van der Waals surface area contributed by atoms with Gasteiger partial charge in [0.1, 0.15) is 13.6 Å². The summed E-state index contributed by atoms with van der Waals surface area (Å²) in [5.41, 5.74) is 4.49. The molecular weight excluding hydrogens is 221 g/mol. The molecule has 2 aromatic carbocycles. The number of rotatable bonds is 1. The molecule has 3 rings (SSSR count). The first-order valence-electron chi connectivity index (χ1n) is 5.82. The van der Waals surface area contributed by atoms with Gasteiger partial charge in [-0.3, -0.25) is 0 Å². The lowest BCUT2D eigenvalue weighted by atomic mass is 9.95. The minimum Gasteiger partial charge on any atom is -0.507 e. The maximum Gasteiger partial charge on any atom is 0.125 e. The zero-order valence-corrected chi connectivity index (χ0v) is 10.1. The summed E-state index contributed by atoms with van der Waals surface area (Å²) >= 11 is 0. The normalized spacial score (nSPS) is 10.9. The van der Waals surface area contributed by atoms with Crippen molar-refractivity contribution in [2.45, 2.75) is 6.92 Å². The standard InChI is InChI=1S/C15H12BNO/c1-9-2-4-12(15(18)6-9)14-8-10-7-11(16)3-5-13(10)17-14/h2-8,17-18H,1H3. The molecule has 2 N–H and O–H groups in total. The number of aromatic hydroxyl groups is 1. The number of fused-ring (bicyclic) bond motifs is 1. The van der Waals surface area contributed by atoms with Crippen LogP contribution in [0.4, 0.5) is 0 Å². The predicted octanol–water partition coefficient (Wildman–Crippen LogP) is 2.64. The predicted molar refractivity (Wildman–Crippen MR) is 75.5 cm³/mol. The van der Waals surface area contributed by atoms with Gasteiger partial charge in [0.2, 0.25) is 0 Å². The monoisotopic (exact) mass is 233 g/mol. The Bertz CT molecular complexity index is 730. The molecule has 0 bridgehead atoms. The topological polar surface area (TPSA) is 36.0 Å². The van der Waals surface area contributed by atoms with Gasteiger partial charge in [-0.1, -0.05) is 23.7 Å². The van der Waals surface area contributed by atoms with Crippen LogP contribution in [0.3, 0.4) is 0 Å². The van der Waals surface area contributed by atoms with E-state index in [1.54, 1.807) is 6.07 Å². The largest absolute Gasteiger partial charge is 0.507 e. The average Bonchev–Trinajstić information content (AvgIpc) is 2.71. The number of phenolic OH excluding ortho intramolecular Hbond substituents is 1. The van der Waals surface area contributed by atoms with Crippen LogP contribution in [0.1, 0.15) is 5.56 Å². The first-order chi connectivity index (χ1) is 8.63. The summed E-state index contributed by atoms with van der Waals surface area (Å²) in [5, 5.41) is 11.0. The fourth-order valence-electron chi connectivity index (χ4n) is 2.17. The van der Waals surface area contributed by atoms with E-state index in [-0.39, 0.29) is 5.75 Å². The molecule has 1 aromatic heterocycles. The maximum atomic E-state index is 9.98. The van der Waals surface area contributed by atoms with Crippen LogP contribution in [0.15, 0.2) is 42.5 Å². The van der Waals surface area contributed by atoms with E-state index in [9.17, 15) is 5.11 Å². The summed E-state index contributed by atoms with van der Waals surface area (Å²) in [5.74, 6) is 0.287. The Morgan fingerprint density at radius 1 is 1.06 bits per heavy atom. The van der Waals surface area contributed by atoms with Gasteiger partial charge in [-0.2, -0.15) is 0 Å². The number of hydrogen-bond donors (Lipinski definition) is 2. The summed E-state index contributed by atoms with van der Waals surface area (Å²) in [6, 6.07) is 13.4. The van der Waals surface area contributed by atoms with Crippen molar-refractivity contribution in [3.63, 3.8) is 0 Å². The van der Waals surface area contributed by atoms with Crippen LogP contribution in [-0.4, -0.2) is 17.9 Å². The van der Waals surface area contributed by atoms with Crippen molar-refractivity contribution in [3.05, 3.63) is 48.0 Å². The van der Waals surface area contributed by atoms with E-state index in [0.29, 0.717) is 0 Å². The van der Waals surface area contributed by atoms with Crippen molar-refractivity contribution < 1.29 is 5.11 Å². The SMILES string of the molecule is [B]c1ccc2[nH]c(-c3ccc(C)cc3O)cc2c1. The average molecular weight is 233 g/mol. The van der Waals surface area contributed by atoms with Crippen LogP contribution in [0.2, 0.25) is 0 Å². The lowest BCUT2D eigenvalue weighted by Gasteiger charge is -2.02. The molecule has 0 aliphatic rings. The Kier molecular flexibility index (Phi) is 2.41. The maximum absolute atomic E-state index is 9.98. The number of phenols is 1. The van der Waals surface area contributed by atoms with Gasteiger partial charge >= 0.3 is 0 Å². The number of benzene rings is 2. The van der Waals surface area contributed by atoms with Gasteiger partial charge < -0.3 is 10.1 Å². The lowest BCUT2D eigenvalue weighted by molar-refractivity contribution is 0.477. The van der Waals surface area contributed by atoms with Gasteiger partial charge in [0.25, 0.3) is 0 Å². The fraction of sp³-hybridized carbons (Fsp3) is 0.0667. The second-order valence-corrected chi connectivity index (χ2v) is 4.55. The molecule has 3 aromatic rings. The number of H-pyrrole nitrogens is 1. The molecule has 0 atom stereocenters. The van der Waals surface area contributed by atoms with E-state index in [0.717, 1.165) is 33.2 Å². The van der Waals surface area contributed by atoms with E-state index >= 15 is 0 Å². The first-order valence-corrected chi connectivity index (χ1v) is 5.82. The highest BCUT2D eigenvalue weighted by Gasteiger charge is 2.07. The quantitative estimate of drug-likeness (QED) is 0.622. The number of aromatic nitrogens is 1. The second kappa shape index (κ2) is 3.95. The molecule has 0 unspecified atom stereocenters. The number of nitrogens with one attached hydrogen (secondary N) is 1. The first kappa shape index (κ1) is 11.0. The molecule has 0 amide bonds. The Hall–Kier alpha value is -2.16. The van der Waals surface area contributed by atoms with Gasteiger partial charge in [0.15, 0.2) is 0 Å². The number of hydrogen-bond acceptors (Lipinski definition) is 1. The van der Waals surface area contributed by atoms with Crippen LogP contribution in [-0.2, 0) is 0 Å². The molecule has 2 nitrogen and oxygen atoms in total. The van der Waals surface area contributed by atoms with Crippen LogP contribution < -0.4 is 5.46 Å². The molecule has 1 heterocycles. The van der Waals surface area contributed by atoms with Crippen molar-refractivity contribution in [2.75, 3.05) is 0 Å². The summed E-state index contributed by atoms with van der Waals surface area (Å²) in [7, 11) is 5.76. The smallest absolute Gasteiger partial charge is 0.125 e. The van der Waals surface area contributed by atoms with E-state index in [4.69, 9.17) is 7.85 Å². The van der Waals surface area contributed by atoms with E-state index in [1.807, 2.05) is 43.3 Å². The van der Waals surface area contributed by atoms with Gasteiger partial charge in [0.05, 0.1) is 5.69 Å². The molecule has 0 saturated carbocycles. The summed E-state index contributed by atoms with van der Waals surface area (Å²) in [6.45, 7) is 1.95. The van der Waals surface area contributed by atoms with E-state index in [2.05, 4.69) is 4.98 Å². The fourth-order valence-corrected chi connectivity index (χ4v) is 2.17. The second-order valence-electron chi connectivity index (χ2n) is 4.55. The Morgan fingerprint density at radius 2 is 1.89 bits per heavy atom. The van der Waals surface area contributed by atoms with Crippen molar-refractivity contribution in [1.82, 2.24) is 4.98 Å². The van der Waals surface area contributed by atoms with Crippen molar-refractivity contribution >= 4 is 24.2 Å². The van der Waals surface area contributed by atoms with Crippen molar-refractivity contribution in [1.29, 1.82) is 0 Å². The molecule has 0 aliphatic carbocycles. The highest BCUT2D eigenvalue weighted by Crippen LogP contribution is 2.31. The highest BCUT2D eigenvalue weighted by molar-refractivity contribution is 6.33. The highest BCUT2D eigenvalue weighted by atomic mass is 16.3. The van der Waals surface area contributed by atoms with Crippen molar-refractivity contribution in [2.24, 2.45) is 0 Å². The molecule has 86 valence electrons. The van der Waals surface area contributed by atoms with Crippen LogP contribution >= 0.6 is 0 Å². The molecule has 18 heavy (non-hydrogen) atoms. The summed E-state index contributed by atoms with van der Waals surface area (Å²) in [6.07, 6.45) is 0. The third-order valence-corrected chi connectivity index (χ3v) is 3.09. The molecule has 0 aliphatic heterocycles.